The second-order valence-corrected chi connectivity index (χ2v) is 7.79. The molecule has 1 fully saturated rings. The molecule has 0 radical (unpaired) electrons. The predicted molar refractivity (Wildman–Crippen MR) is 119 cm³/mol. The number of hydrogen-bond donors (Lipinski definition) is 3. The molecule has 1 aliphatic heterocycles. The summed E-state index contributed by atoms with van der Waals surface area (Å²) in [7, 11) is 0. The van der Waals surface area contributed by atoms with E-state index in [0.717, 1.165) is 0 Å². The number of nitro groups is 1. The molecular weight excluding hydrogens is 433 g/mol. The van der Waals surface area contributed by atoms with Gasteiger partial charge in [0, 0.05) is 43.1 Å². The van der Waals surface area contributed by atoms with Crippen LogP contribution in [0.2, 0.25) is 0 Å². The Bertz CT molecular complexity index is 1050. The van der Waals surface area contributed by atoms with E-state index in [1.807, 2.05) is 0 Å². The van der Waals surface area contributed by atoms with E-state index in [4.69, 9.17) is 0 Å². The van der Waals surface area contributed by atoms with Gasteiger partial charge in [-0.05, 0) is 61.6 Å². The zero-order chi connectivity index (χ0) is 24.0. The van der Waals surface area contributed by atoms with E-state index in [1.165, 1.54) is 42.5 Å². The normalized spacial score (nSPS) is 13.8. The van der Waals surface area contributed by atoms with Crippen molar-refractivity contribution in [3.63, 3.8) is 0 Å². The molecule has 3 rings (SSSR count). The fourth-order valence-electron chi connectivity index (χ4n) is 3.47. The number of carbonyl (C=O) groups excluding carboxylic acids is 3. The van der Waals surface area contributed by atoms with Crippen LogP contribution >= 0.6 is 0 Å². The number of nitrogens with zero attached hydrogens (tertiary/aromatic N) is 2. The first-order valence-electron chi connectivity index (χ1n) is 10.4. The number of halogens is 1. The van der Waals surface area contributed by atoms with E-state index in [0.29, 0.717) is 49.4 Å². The number of benzene rings is 2. The molecule has 0 saturated carbocycles. The van der Waals surface area contributed by atoms with Gasteiger partial charge in [-0.1, -0.05) is 0 Å². The van der Waals surface area contributed by atoms with E-state index in [2.05, 4.69) is 16.0 Å². The molecule has 1 aliphatic rings. The second-order valence-electron chi connectivity index (χ2n) is 7.79. The number of non-ortho nitro benzene ring substituents is 1. The lowest BCUT2D eigenvalue weighted by molar-refractivity contribution is -0.384. The Morgan fingerprint density at radius 2 is 1.73 bits per heavy atom. The van der Waals surface area contributed by atoms with Gasteiger partial charge in [-0.3, -0.25) is 19.7 Å². The smallest absolute Gasteiger partial charge is 0.321 e. The van der Waals surface area contributed by atoms with Crippen molar-refractivity contribution in [2.75, 3.05) is 30.3 Å². The average molecular weight is 457 g/mol. The number of hydrogen-bond acceptors (Lipinski definition) is 5. The number of rotatable bonds is 5. The largest absolute Gasteiger partial charge is 0.348 e. The number of urea groups is 1. The van der Waals surface area contributed by atoms with Crippen LogP contribution in [0.4, 0.5) is 26.2 Å². The van der Waals surface area contributed by atoms with Gasteiger partial charge in [-0.25, -0.2) is 9.18 Å². The Kier molecular flexibility index (Phi) is 7.54. The van der Waals surface area contributed by atoms with Crippen molar-refractivity contribution in [1.82, 2.24) is 10.2 Å². The highest BCUT2D eigenvalue weighted by Crippen LogP contribution is 2.21. The van der Waals surface area contributed by atoms with Crippen molar-refractivity contribution in [2.45, 2.75) is 19.8 Å². The highest BCUT2D eigenvalue weighted by molar-refractivity contribution is 6.39. The summed E-state index contributed by atoms with van der Waals surface area (Å²) in [4.78, 5) is 48.5. The molecule has 1 heterocycles. The number of piperidine rings is 1. The zero-order valence-electron chi connectivity index (χ0n) is 18.0. The third-order valence-electron chi connectivity index (χ3n) is 5.42. The average Bonchev–Trinajstić information content (AvgIpc) is 2.80. The van der Waals surface area contributed by atoms with Crippen LogP contribution in [-0.2, 0) is 9.59 Å². The lowest BCUT2D eigenvalue weighted by Gasteiger charge is -2.32. The maximum absolute atomic E-state index is 13.0. The molecule has 4 amide bonds. The third-order valence-corrected chi connectivity index (χ3v) is 5.42. The number of anilines is 2. The maximum atomic E-state index is 13.0. The number of amides is 4. The van der Waals surface area contributed by atoms with Gasteiger partial charge in [0.05, 0.1) is 4.92 Å². The van der Waals surface area contributed by atoms with Crippen molar-refractivity contribution in [1.29, 1.82) is 0 Å². The van der Waals surface area contributed by atoms with Gasteiger partial charge in [0.2, 0.25) is 0 Å². The summed E-state index contributed by atoms with van der Waals surface area (Å²) >= 11 is 0. The van der Waals surface area contributed by atoms with E-state index >= 15 is 0 Å². The monoisotopic (exact) mass is 457 g/mol. The van der Waals surface area contributed by atoms with Gasteiger partial charge in [-0.2, -0.15) is 0 Å². The van der Waals surface area contributed by atoms with Crippen LogP contribution in [0.15, 0.2) is 42.5 Å². The van der Waals surface area contributed by atoms with Crippen LogP contribution in [0.1, 0.15) is 18.4 Å². The van der Waals surface area contributed by atoms with Crippen molar-refractivity contribution < 1.29 is 23.7 Å². The second kappa shape index (κ2) is 10.5. The highest BCUT2D eigenvalue weighted by Gasteiger charge is 2.24. The first-order valence-corrected chi connectivity index (χ1v) is 10.4. The molecule has 0 aromatic heterocycles. The standard InChI is InChI=1S/C22H24FN5O5/c1-14-12-18(28(32)33)6-7-19(14)26-21(30)20(29)24-13-15-8-10-27(11-9-15)22(31)25-17-4-2-16(23)3-5-17/h2-7,12,15H,8-11,13H2,1H3,(H,24,29)(H,25,31)(H,26,30). The molecule has 11 heteroatoms. The van der Waals surface area contributed by atoms with Crippen LogP contribution in [0.3, 0.4) is 0 Å². The van der Waals surface area contributed by atoms with Crippen LogP contribution < -0.4 is 16.0 Å². The van der Waals surface area contributed by atoms with E-state index < -0.39 is 16.7 Å². The number of nitrogens with one attached hydrogen (secondary N) is 3. The molecule has 0 unspecified atom stereocenters. The number of nitro benzene ring substituents is 1. The summed E-state index contributed by atoms with van der Waals surface area (Å²) in [6.07, 6.45) is 1.31. The van der Waals surface area contributed by atoms with Gasteiger partial charge in [0.15, 0.2) is 0 Å². The minimum Gasteiger partial charge on any atom is -0.348 e. The molecule has 1 saturated heterocycles. The zero-order valence-corrected chi connectivity index (χ0v) is 18.0. The molecule has 2 aromatic carbocycles. The summed E-state index contributed by atoms with van der Waals surface area (Å²) in [6.45, 7) is 2.86. The molecule has 2 aromatic rings. The summed E-state index contributed by atoms with van der Waals surface area (Å²) in [5, 5.41) is 18.6. The number of carbonyl (C=O) groups is 3. The van der Waals surface area contributed by atoms with Crippen LogP contribution in [-0.4, -0.2) is 47.3 Å². The molecule has 10 nitrogen and oxygen atoms in total. The van der Waals surface area contributed by atoms with Gasteiger partial charge < -0.3 is 20.9 Å². The molecule has 0 aliphatic carbocycles. The first-order chi connectivity index (χ1) is 15.7. The fourth-order valence-corrected chi connectivity index (χ4v) is 3.47. The summed E-state index contributed by atoms with van der Waals surface area (Å²) < 4.78 is 13.0. The summed E-state index contributed by atoms with van der Waals surface area (Å²) in [5.41, 5.74) is 1.19. The summed E-state index contributed by atoms with van der Waals surface area (Å²) in [5.74, 6) is -1.93. The fraction of sp³-hybridized carbons (Fsp3) is 0.318. The predicted octanol–water partition coefficient (Wildman–Crippen LogP) is 3.04. The molecule has 0 atom stereocenters. The van der Waals surface area contributed by atoms with E-state index in [9.17, 15) is 28.9 Å². The molecular formula is C22H24FN5O5. The Morgan fingerprint density at radius 1 is 1.06 bits per heavy atom. The van der Waals surface area contributed by atoms with Crippen LogP contribution in [0.5, 0.6) is 0 Å². The van der Waals surface area contributed by atoms with E-state index in [-0.39, 0.29) is 23.5 Å². The molecule has 0 spiro atoms. The Labute approximate surface area is 189 Å². The first kappa shape index (κ1) is 23.6. The van der Waals surface area contributed by atoms with Crippen molar-refractivity contribution in [3.8, 4) is 0 Å². The van der Waals surface area contributed by atoms with E-state index in [1.54, 1.807) is 11.8 Å². The molecule has 0 bridgehead atoms. The van der Waals surface area contributed by atoms with Gasteiger partial charge >= 0.3 is 17.8 Å². The Hall–Kier alpha value is -4.02. The van der Waals surface area contributed by atoms with Crippen LogP contribution in [0, 0.1) is 28.8 Å². The van der Waals surface area contributed by atoms with Crippen molar-refractivity contribution >= 4 is 34.9 Å². The van der Waals surface area contributed by atoms with Crippen molar-refractivity contribution in [2.24, 2.45) is 5.92 Å². The minimum absolute atomic E-state index is 0.104. The topological polar surface area (TPSA) is 134 Å². The Morgan fingerprint density at radius 3 is 2.33 bits per heavy atom. The maximum Gasteiger partial charge on any atom is 0.321 e. The van der Waals surface area contributed by atoms with Gasteiger partial charge in [-0.15, -0.1) is 0 Å². The molecule has 33 heavy (non-hydrogen) atoms. The number of likely N-dealkylation sites (tertiary alicyclic amines) is 1. The van der Waals surface area contributed by atoms with Crippen LogP contribution in [0.25, 0.3) is 0 Å². The number of aryl methyl sites for hydroxylation is 1. The summed E-state index contributed by atoms with van der Waals surface area (Å²) in [6, 6.07) is 9.17. The third kappa shape index (κ3) is 6.48. The lowest BCUT2D eigenvalue weighted by Crippen LogP contribution is -2.44. The van der Waals surface area contributed by atoms with Gasteiger partial charge in [0.1, 0.15) is 5.82 Å². The van der Waals surface area contributed by atoms with Crippen molar-refractivity contribution in [3.05, 3.63) is 64.0 Å². The Balaban J connectivity index is 1.41. The minimum atomic E-state index is -0.858. The molecule has 174 valence electrons. The highest BCUT2D eigenvalue weighted by atomic mass is 19.1. The molecule has 3 N–H and O–H groups in total. The SMILES string of the molecule is Cc1cc([N+](=O)[O-])ccc1NC(=O)C(=O)NCC1CCN(C(=O)Nc2ccc(F)cc2)CC1. The quantitative estimate of drug-likeness (QED) is 0.360. The van der Waals surface area contributed by atoms with Gasteiger partial charge in [0.25, 0.3) is 5.69 Å². The lowest BCUT2D eigenvalue weighted by atomic mass is 9.97.